The number of hydrogen-bond donors (Lipinski definition) is 0. The van der Waals surface area contributed by atoms with E-state index < -0.39 is 0 Å². The highest BCUT2D eigenvalue weighted by atomic mass is 16.1. The molecule has 32 heavy (non-hydrogen) atoms. The highest BCUT2D eigenvalue weighted by Crippen LogP contribution is 2.32. The van der Waals surface area contributed by atoms with Crippen molar-refractivity contribution in [2.75, 3.05) is 11.4 Å². The van der Waals surface area contributed by atoms with E-state index in [9.17, 15) is 4.79 Å². The van der Waals surface area contributed by atoms with Crippen LogP contribution in [0.15, 0.2) is 108 Å². The fourth-order valence-corrected chi connectivity index (χ4v) is 4.24. The summed E-state index contributed by atoms with van der Waals surface area (Å²) in [4.78, 5) is 14.6. The molecule has 0 N–H and O–H groups in total. The van der Waals surface area contributed by atoms with E-state index in [4.69, 9.17) is 0 Å². The average Bonchev–Trinajstić information content (AvgIpc) is 2.80. The lowest BCUT2D eigenvalue weighted by Gasteiger charge is -2.35. The van der Waals surface area contributed by atoms with E-state index in [1.807, 2.05) is 36.5 Å². The monoisotopic (exact) mass is 424 g/mol. The Morgan fingerprint density at radius 3 is 2.22 bits per heavy atom. The number of aromatic nitrogens is 1. The van der Waals surface area contributed by atoms with Crippen LogP contribution in [-0.4, -0.2) is 11.1 Å². The molecule has 1 aliphatic heterocycles. The van der Waals surface area contributed by atoms with Crippen LogP contribution in [0.3, 0.4) is 0 Å². The Hall–Kier alpha value is -3.59. The zero-order valence-corrected chi connectivity index (χ0v) is 18.8. The molecule has 0 spiro atoms. The Morgan fingerprint density at radius 1 is 0.875 bits per heavy atom. The topological polar surface area (TPSA) is 25.2 Å². The lowest BCUT2D eigenvalue weighted by Crippen LogP contribution is -2.34. The third-order valence-corrected chi connectivity index (χ3v) is 5.76. The lowest BCUT2D eigenvalue weighted by molar-refractivity contribution is 0.530. The molecule has 1 aromatic heterocycles. The fourth-order valence-electron chi connectivity index (χ4n) is 4.24. The summed E-state index contributed by atoms with van der Waals surface area (Å²) in [6.07, 6.45) is 2.88. The Morgan fingerprint density at radius 2 is 1.56 bits per heavy atom. The van der Waals surface area contributed by atoms with Crippen LogP contribution in [0, 0.1) is 12.8 Å². The van der Waals surface area contributed by atoms with Crippen LogP contribution in [0.5, 0.6) is 0 Å². The lowest BCUT2D eigenvalue weighted by atomic mass is 9.93. The molecule has 3 heteroatoms. The predicted molar refractivity (Wildman–Crippen MR) is 136 cm³/mol. The van der Waals surface area contributed by atoms with Crippen LogP contribution >= 0.6 is 0 Å². The van der Waals surface area contributed by atoms with Gasteiger partial charge in [0.2, 0.25) is 0 Å². The zero-order valence-electron chi connectivity index (χ0n) is 18.8. The first-order valence-electron chi connectivity index (χ1n) is 11.2. The third-order valence-electron chi connectivity index (χ3n) is 5.76. The van der Waals surface area contributed by atoms with Gasteiger partial charge in [-0.25, -0.2) is 0 Å². The van der Waals surface area contributed by atoms with E-state index in [1.54, 1.807) is 16.7 Å². The minimum atomic E-state index is 0. The van der Waals surface area contributed by atoms with Gasteiger partial charge in [0.25, 0.3) is 5.56 Å². The summed E-state index contributed by atoms with van der Waals surface area (Å²) in [5, 5.41) is 0. The molecule has 0 radical (unpaired) electrons. The molecule has 1 aliphatic rings. The average molecular weight is 425 g/mol. The smallest absolute Gasteiger partial charge is 0.255 e. The van der Waals surface area contributed by atoms with Gasteiger partial charge in [0.05, 0.1) is 0 Å². The zero-order chi connectivity index (χ0) is 22.3. The van der Waals surface area contributed by atoms with Crippen molar-refractivity contribution in [1.29, 1.82) is 0 Å². The first-order valence-corrected chi connectivity index (χ1v) is 11.2. The normalized spacial score (nSPS) is 14.8. The van der Waals surface area contributed by atoms with Crippen LogP contribution in [0.2, 0.25) is 0 Å². The number of anilines is 1. The number of pyridine rings is 1. The van der Waals surface area contributed by atoms with Crippen LogP contribution < -0.4 is 10.5 Å². The van der Waals surface area contributed by atoms with Crippen LogP contribution in [-0.2, 0) is 13.0 Å². The van der Waals surface area contributed by atoms with E-state index in [-0.39, 0.29) is 6.99 Å². The van der Waals surface area contributed by atoms with Crippen LogP contribution in [0.1, 0.15) is 25.0 Å². The molecule has 0 saturated heterocycles. The number of benzene rings is 3. The largest absolute Gasteiger partial charge is 0.367 e. The Kier molecular flexibility index (Phi) is 6.86. The van der Waals surface area contributed by atoms with Crippen molar-refractivity contribution in [3.63, 3.8) is 0 Å². The molecule has 3 aromatic carbocycles. The van der Waals surface area contributed by atoms with E-state index in [0.29, 0.717) is 5.92 Å². The Bertz CT molecular complexity index is 1200. The SMILES string of the molecule is CC1Cc2cc(-n3ccccc3=O)ccc2N(Cc2ccccc2)C1.Cc1ccccc1.[HH]. The van der Waals surface area contributed by atoms with Gasteiger partial charge in [0.1, 0.15) is 0 Å². The summed E-state index contributed by atoms with van der Waals surface area (Å²) in [5.41, 5.74) is 6.21. The molecule has 164 valence electrons. The molecule has 0 fully saturated rings. The molecule has 0 amide bonds. The molecule has 5 rings (SSSR count). The maximum atomic E-state index is 12.1. The van der Waals surface area contributed by atoms with E-state index in [1.165, 1.54) is 22.4 Å². The summed E-state index contributed by atoms with van der Waals surface area (Å²) in [7, 11) is 0. The molecule has 0 saturated carbocycles. The second kappa shape index (κ2) is 10.1. The summed E-state index contributed by atoms with van der Waals surface area (Å²) < 4.78 is 1.71. The first-order chi connectivity index (χ1) is 15.6. The second-order valence-electron chi connectivity index (χ2n) is 8.55. The van der Waals surface area contributed by atoms with E-state index >= 15 is 0 Å². The Labute approximate surface area is 192 Å². The summed E-state index contributed by atoms with van der Waals surface area (Å²) >= 11 is 0. The molecular formula is C29H32N2O. The quantitative estimate of drug-likeness (QED) is 0.387. The second-order valence-corrected chi connectivity index (χ2v) is 8.55. The van der Waals surface area contributed by atoms with E-state index in [2.05, 4.69) is 73.3 Å². The Balaban J connectivity index is 0.000000330. The number of nitrogens with zero attached hydrogens (tertiary/aromatic N) is 2. The minimum Gasteiger partial charge on any atom is -0.367 e. The van der Waals surface area contributed by atoms with Crippen molar-refractivity contribution in [1.82, 2.24) is 4.57 Å². The predicted octanol–water partition coefficient (Wildman–Crippen LogP) is 6.28. The summed E-state index contributed by atoms with van der Waals surface area (Å²) in [6, 6.07) is 32.5. The van der Waals surface area contributed by atoms with E-state index in [0.717, 1.165) is 25.2 Å². The number of hydrogen-bond acceptors (Lipinski definition) is 2. The van der Waals surface area contributed by atoms with Gasteiger partial charge in [-0.05, 0) is 54.7 Å². The van der Waals surface area contributed by atoms with Gasteiger partial charge in [0, 0.05) is 38.2 Å². The van der Waals surface area contributed by atoms with Gasteiger partial charge in [0.15, 0.2) is 0 Å². The van der Waals surface area contributed by atoms with Crippen molar-refractivity contribution in [2.24, 2.45) is 5.92 Å². The van der Waals surface area contributed by atoms with Gasteiger partial charge < -0.3 is 4.90 Å². The first kappa shape index (κ1) is 21.6. The van der Waals surface area contributed by atoms with Gasteiger partial charge in [-0.3, -0.25) is 9.36 Å². The van der Waals surface area contributed by atoms with Crippen molar-refractivity contribution in [2.45, 2.75) is 26.8 Å². The molecule has 0 aliphatic carbocycles. The van der Waals surface area contributed by atoms with Crippen molar-refractivity contribution < 1.29 is 1.43 Å². The third kappa shape index (κ3) is 5.36. The highest BCUT2D eigenvalue weighted by Gasteiger charge is 2.22. The maximum absolute atomic E-state index is 12.1. The molecule has 1 unspecified atom stereocenters. The van der Waals surface area contributed by atoms with Gasteiger partial charge in [-0.15, -0.1) is 0 Å². The van der Waals surface area contributed by atoms with Gasteiger partial charge in [-0.1, -0.05) is 79.2 Å². The fraction of sp³-hybridized carbons (Fsp3) is 0.207. The standard InChI is InChI=1S/C22H22N2O.C7H8.H2/c1-17-13-19-14-20(24-12-6-5-9-22(24)25)10-11-21(19)23(15-17)16-18-7-3-2-4-8-18;1-7-5-3-2-4-6-7;/h2-12,14,17H,13,15-16H2,1H3;2-6H,1H3;1H. The number of aryl methyl sites for hydroxylation is 1. The van der Waals surface area contributed by atoms with Crippen molar-refractivity contribution in [3.8, 4) is 5.69 Å². The maximum Gasteiger partial charge on any atom is 0.255 e. The van der Waals surface area contributed by atoms with Crippen molar-refractivity contribution in [3.05, 3.63) is 130 Å². The number of rotatable bonds is 3. The number of fused-ring (bicyclic) bond motifs is 1. The highest BCUT2D eigenvalue weighted by molar-refractivity contribution is 5.60. The molecular weight excluding hydrogens is 392 g/mol. The molecule has 0 bridgehead atoms. The van der Waals surface area contributed by atoms with Gasteiger partial charge in [-0.2, -0.15) is 0 Å². The molecule has 4 aromatic rings. The molecule has 3 nitrogen and oxygen atoms in total. The summed E-state index contributed by atoms with van der Waals surface area (Å²) in [6.45, 7) is 6.36. The van der Waals surface area contributed by atoms with Crippen molar-refractivity contribution >= 4 is 5.69 Å². The molecule has 1 atom stereocenters. The summed E-state index contributed by atoms with van der Waals surface area (Å²) in [5.74, 6) is 0.596. The molecule has 2 heterocycles. The van der Waals surface area contributed by atoms with Crippen LogP contribution in [0.25, 0.3) is 5.69 Å². The van der Waals surface area contributed by atoms with Gasteiger partial charge >= 0.3 is 0 Å². The van der Waals surface area contributed by atoms with Crippen LogP contribution in [0.4, 0.5) is 5.69 Å². The minimum absolute atomic E-state index is 0.